The standard InChI is InChI=1S/C4H5N3O/c1-2-6-7-4(1)5-3-8-7/h1-2,5H,3H2. The van der Waals surface area contributed by atoms with Crippen molar-refractivity contribution in [3.05, 3.63) is 12.3 Å². The van der Waals surface area contributed by atoms with Gasteiger partial charge in [-0.3, -0.25) is 0 Å². The zero-order valence-corrected chi connectivity index (χ0v) is 4.16. The number of nitrogens with zero attached hydrogens (tertiary/aromatic N) is 2. The molecule has 0 unspecified atom stereocenters. The van der Waals surface area contributed by atoms with Crippen molar-refractivity contribution in [2.75, 3.05) is 12.0 Å². The van der Waals surface area contributed by atoms with Gasteiger partial charge in [0, 0.05) is 6.07 Å². The quantitative estimate of drug-likeness (QED) is 0.499. The van der Waals surface area contributed by atoms with Crippen molar-refractivity contribution >= 4 is 5.82 Å². The molecule has 0 atom stereocenters. The molecule has 1 N–H and O–H groups in total. The van der Waals surface area contributed by atoms with Crippen molar-refractivity contribution in [3.63, 3.8) is 0 Å². The average Bonchev–Trinajstić information content (AvgIpc) is 2.15. The molecule has 2 rings (SSSR count). The largest absolute Gasteiger partial charge is 0.373 e. The minimum absolute atomic E-state index is 0.531. The summed E-state index contributed by atoms with van der Waals surface area (Å²) in [6.45, 7) is 0.531. The summed E-state index contributed by atoms with van der Waals surface area (Å²) in [5, 5.41) is 6.79. The molecule has 0 fully saturated rings. The molecule has 0 aliphatic carbocycles. The first-order valence-electron chi connectivity index (χ1n) is 2.38. The second-order valence-corrected chi connectivity index (χ2v) is 1.54. The van der Waals surface area contributed by atoms with Gasteiger partial charge in [0.15, 0.2) is 12.5 Å². The van der Waals surface area contributed by atoms with Gasteiger partial charge in [-0.05, 0) is 0 Å². The summed E-state index contributed by atoms with van der Waals surface area (Å²) < 4.78 is 0. The van der Waals surface area contributed by atoms with Gasteiger partial charge in [0.2, 0.25) is 0 Å². The lowest BCUT2D eigenvalue weighted by Gasteiger charge is -1.88. The Morgan fingerprint density at radius 2 is 2.88 bits per heavy atom. The molecule has 4 heteroatoms. The molecule has 0 amide bonds. The van der Waals surface area contributed by atoms with E-state index in [-0.39, 0.29) is 0 Å². The fourth-order valence-corrected chi connectivity index (χ4v) is 0.687. The fourth-order valence-electron chi connectivity index (χ4n) is 0.687. The van der Waals surface area contributed by atoms with E-state index in [0.717, 1.165) is 5.82 Å². The lowest BCUT2D eigenvalue weighted by Crippen LogP contribution is -2.05. The summed E-state index contributed by atoms with van der Waals surface area (Å²) in [6, 6.07) is 1.85. The fraction of sp³-hybridized carbons (Fsp3) is 0.250. The van der Waals surface area contributed by atoms with E-state index in [1.54, 1.807) is 6.20 Å². The van der Waals surface area contributed by atoms with Crippen molar-refractivity contribution in [1.29, 1.82) is 0 Å². The van der Waals surface area contributed by atoms with E-state index in [4.69, 9.17) is 4.84 Å². The van der Waals surface area contributed by atoms with Gasteiger partial charge in [-0.2, -0.15) is 0 Å². The molecule has 1 aliphatic rings. The van der Waals surface area contributed by atoms with Crippen LogP contribution in [0.3, 0.4) is 0 Å². The van der Waals surface area contributed by atoms with Crippen molar-refractivity contribution in [2.24, 2.45) is 0 Å². The number of hydrogen-bond acceptors (Lipinski definition) is 3. The van der Waals surface area contributed by atoms with Crippen LogP contribution in [0, 0.1) is 0 Å². The summed E-state index contributed by atoms with van der Waals surface area (Å²) in [6.07, 6.45) is 1.68. The molecule has 1 aliphatic heterocycles. The van der Waals surface area contributed by atoms with E-state index in [9.17, 15) is 0 Å². The van der Waals surface area contributed by atoms with Crippen LogP contribution in [-0.2, 0) is 0 Å². The van der Waals surface area contributed by atoms with E-state index < -0.39 is 0 Å². The van der Waals surface area contributed by atoms with Crippen LogP contribution in [0.4, 0.5) is 5.82 Å². The Balaban J connectivity index is 2.54. The molecule has 42 valence electrons. The number of fused-ring (bicyclic) bond motifs is 1. The smallest absolute Gasteiger partial charge is 0.188 e. The van der Waals surface area contributed by atoms with Gasteiger partial charge in [0.25, 0.3) is 0 Å². The minimum atomic E-state index is 0.531. The summed E-state index contributed by atoms with van der Waals surface area (Å²) in [7, 11) is 0. The molecule has 8 heavy (non-hydrogen) atoms. The molecule has 0 saturated carbocycles. The van der Waals surface area contributed by atoms with Gasteiger partial charge < -0.3 is 10.2 Å². The molecule has 0 saturated heterocycles. The second-order valence-electron chi connectivity index (χ2n) is 1.54. The summed E-state index contributed by atoms with van der Waals surface area (Å²) in [5.41, 5.74) is 0. The van der Waals surface area contributed by atoms with E-state index in [0.29, 0.717) is 6.73 Å². The predicted molar refractivity (Wildman–Crippen MR) is 27.3 cm³/mol. The van der Waals surface area contributed by atoms with E-state index >= 15 is 0 Å². The maximum Gasteiger partial charge on any atom is 0.188 e. The van der Waals surface area contributed by atoms with Crippen LogP contribution in [0.5, 0.6) is 0 Å². The predicted octanol–water partition coefficient (Wildman–Crippen LogP) is -0.305. The monoisotopic (exact) mass is 111 g/mol. The highest BCUT2D eigenvalue weighted by molar-refractivity contribution is 5.33. The molecule has 4 nitrogen and oxygen atoms in total. The summed E-state index contributed by atoms with van der Waals surface area (Å²) in [5.74, 6) is 0.921. The van der Waals surface area contributed by atoms with Gasteiger partial charge in [-0.1, -0.05) is 4.85 Å². The Labute approximate surface area is 46.0 Å². The molecule has 0 spiro atoms. The molecule has 0 bridgehead atoms. The lowest BCUT2D eigenvalue weighted by molar-refractivity contribution is 0.128. The van der Waals surface area contributed by atoms with Gasteiger partial charge >= 0.3 is 0 Å². The van der Waals surface area contributed by atoms with Crippen LogP contribution < -0.4 is 10.2 Å². The van der Waals surface area contributed by atoms with Crippen LogP contribution in [0.2, 0.25) is 0 Å². The molecule has 1 aromatic rings. The topological polar surface area (TPSA) is 39.1 Å². The van der Waals surface area contributed by atoms with Crippen LogP contribution >= 0.6 is 0 Å². The van der Waals surface area contributed by atoms with Gasteiger partial charge in [0.05, 0.1) is 6.20 Å². The molecule has 0 radical (unpaired) electrons. The third kappa shape index (κ3) is 0.318. The highest BCUT2D eigenvalue weighted by Gasteiger charge is 2.07. The van der Waals surface area contributed by atoms with Crippen LogP contribution in [-0.4, -0.2) is 16.7 Å². The maximum atomic E-state index is 4.93. The van der Waals surface area contributed by atoms with Gasteiger partial charge in [-0.25, -0.2) is 0 Å². The second kappa shape index (κ2) is 1.15. The molecule has 0 aromatic carbocycles. The van der Waals surface area contributed by atoms with Crippen molar-refractivity contribution in [2.45, 2.75) is 0 Å². The Hall–Kier alpha value is -1.19. The number of hydrogen-bond donors (Lipinski definition) is 1. The van der Waals surface area contributed by atoms with E-state index in [1.165, 1.54) is 4.85 Å². The SMILES string of the molecule is c1cc2n(n1)OCN2. The van der Waals surface area contributed by atoms with Crippen molar-refractivity contribution < 1.29 is 4.84 Å². The molecular formula is C4H5N3O. The average molecular weight is 111 g/mol. The highest BCUT2D eigenvalue weighted by Crippen LogP contribution is 2.06. The first-order chi connectivity index (χ1) is 3.97. The highest BCUT2D eigenvalue weighted by atomic mass is 16.7. The zero-order chi connectivity index (χ0) is 5.40. The van der Waals surface area contributed by atoms with Gasteiger partial charge in [-0.15, -0.1) is 5.10 Å². The van der Waals surface area contributed by atoms with Crippen LogP contribution in [0.15, 0.2) is 12.3 Å². The number of rotatable bonds is 0. The summed E-state index contributed by atoms with van der Waals surface area (Å²) in [4.78, 5) is 6.39. The van der Waals surface area contributed by atoms with E-state index in [1.807, 2.05) is 6.07 Å². The first kappa shape index (κ1) is 3.77. The third-order valence-electron chi connectivity index (χ3n) is 1.05. The number of aromatic nitrogens is 2. The minimum Gasteiger partial charge on any atom is -0.373 e. The van der Waals surface area contributed by atoms with Crippen LogP contribution in [0.1, 0.15) is 0 Å². The first-order valence-corrected chi connectivity index (χ1v) is 2.38. The van der Waals surface area contributed by atoms with Crippen LogP contribution in [0.25, 0.3) is 0 Å². The Morgan fingerprint density at radius 3 is 3.75 bits per heavy atom. The van der Waals surface area contributed by atoms with Gasteiger partial charge in [0.1, 0.15) is 0 Å². The Morgan fingerprint density at radius 1 is 1.88 bits per heavy atom. The van der Waals surface area contributed by atoms with Crippen molar-refractivity contribution in [1.82, 2.24) is 9.94 Å². The third-order valence-corrected chi connectivity index (χ3v) is 1.05. The lowest BCUT2D eigenvalue weighted by atomic mass is 10.6. The number of nitrogens with one attached hydrogen (secondary N) is 1. The molecule has 2 heterocycles. The van der Waals surface area contributed by atoms with E-state index in [2.05, 4.69) is 10.4 Å². The van der Waals surface area contributed by atoms with Crippen molar-refractivity contribution in [3.8, 4) is 0 Å². The summed E-state index contributed by atoms with van der Waals surface area (Å²) >= 11 is 0. The number of anilines is 1. The zero-order valence-electron chi connectivity index (χ0n) is 4.16. The Bertz CT molecular complexity index is 176. The Kier molecular flexibility index (Phi) is 0.542. The molecule has 1 aromatic heterocycles. The molecular weight excluding hydrogens is 106 g/mol. The maximum absolute atomic E-state index is 4.93. The normalized spacial score (nSPS) is 14.5.